The Morgan fingerprint density at radius 3 is 2.71 bits per heavy atom. The summed E-state index contributed by atoms with van der Waals surface area (Å²) in [6.45, 7) is 6.00. The highest BCUT2D eigenvalue weighted by molar-refractivity contribution is 14.1. The van der Waals surface area contributed by atoms with Crippen molar-refractivity contribution in [1.29, 1.82) is 0 Å². The predicted molar refractivity (Wildman–Crippen MR) is 88.7 cm³/mol. The molecule has 0 aromatic carbocycles. The molecule has 0 aliphatic carbocycles. The van der Waals surface area contributed by atoms with Gasteiger partial charge in [-0.15, -0.1) is 0 Å². The van der Waals surface area contributed by atoms with Crippen molar-refractivity contribution in [1.82, 2.24) is 24.5 Å². The van der Waals surface area contributed by atoms with Crippen molar-refractivity contribution in [2.45, 2.75) is 39.9 Å². The van der Waals surface area contributed by atoms with Gasteiger partial charge in [-0.1, -0.05) is 0 Å². The summed E-state index contributed by atoms with van der Waals surface area (Å²) < 4.78 is 4.81. The predicted octanol–water partition coefficient (Wildman–Crippen LogP) is 2.06. The van der Waals surface area contributed by atoms with Crippen LogP contribution in [0.4, 0.5) is 0 Å². The van der Waals surface area contributed by atoms with E-state index in [0.717, 1.165) is 21.5 Å². The van der Waals surface area contributed by atoms with Gasteiger partial charge < -0.3 is 4.90 Å². The van der Waals surface area contributed by atoms with Crippen molar-refractivity contribution in [3.05, 3.63) is 33.4 Å². The number of hydrogen-bond donors (Lipinski definition) is 0. The third-order valence-electron chi connectivity index (χ3n) is 3.29. The fraction of sp³-hybridized carbons (Fsp3) is 0.500. The van der Waals surface area contributed by atoms with Crippen molar-refractivity contribution < 1.29 is 4.79 Å². The van der Waals surface area contributed by atoms with Crippen LogP contribution in [0.5, 0.6) is 0 Å². The van der Waals surface area contributed by atoms with E-state index < -0.39 is 0 Å². The first-order chi connectivity index (χ1) is 9.99. The van der Waals surface area contributed by atoms with Crippen LogP contribution in [0.25, 0.3) is 0 Å². The molecule has 1 amide bonds. The van der Waals surface area contributed by atoms with Gasteiger partial charge >= 0.3 is 0 Å². The maximum absolute atomic E-state index is 12.1. The molecule has 0 aliphatic rings. The second-order valence-corrected chi connectivity index (χ2v) is 6.15. The van der Waals surface area contributed by atoms with Crippen LogP contribution in [-0.4, -0.2) is 37.4 Å². The van der Waals surface area contributed by atoms with Crippen LogP contribution < -0.4 is 0 Å². The SMILES string of the molecule is CCn1ccc(CN(C)C(=O)CCn2cc(I)c(C)n2)n1. The number of hydrogen-bond acceptors (Lipinski definition) is 3. The molecule has 0 atom stereocenters. The van der Waals surface area contributed by atoms with E-state index in [4.69, 9.17) is 0 Å². The number of amides is 1. The molecule has 0 bridgehead atoms. The molecule has 0 saturated carbocycles. The Balaban J connectivity index is 1.84. The zero-order valence-corrected chi connectivity index (χ0v) is 14.7. The molecule has 2 aromatic heterocycles. The molecule has 2 heterocycles. The fourth-order valence-electron chi connectivity index (χ4n) is 2.00. The molecule has 2 aromatic rings. The highest BCUT2D eigenvalue weighted by Gasteiger charge is 2.11. The molecule has 114 valence electrons. The van der Waals surface area contributed by atoms with Gasteiger partial charge in [0.2, 0.25) is 5.91 Å². The minimum absolute atomic E-state index is 0.101. The van der Waals surface area contributed by atoms with Gasteiger partial charge in [0, 0.05) is 39.0 Å². The van der Waals surface area contributed by atoms with Gasteiger partial charge in [-0.3, -0.25) is 14.2 Å². The summed E-state index contributed by atoms with van der Waals surface area (Å²) in [5, 5.41) is 8.75. The smallest absolute Gasteiger partial charge is 0.224 e. The number of aryl methyl sites for hydroxylation is 3. The number of nitrogens with zero attached hydrogens (tertiary/aromatic N) is 5. The Labute approximate surface area is 138 Å². The maximum Gasteiger partial charge on any atom is 0.224 e. The van der Waals surface area contributed by atoms with E-state index in [1.54, 1.807) is 4.90 Å². The Bertz CT molecular complexity index is 599. The molecule has 7 heteroatoms. The monoisotopic (exact) mass is 401 g/mol. The molecule has 0 N–H and O–H groups in total. The molecule has 0 fully saturated rings. The Hall–Kier alpha value is -1.38. The minimum Gasteiger partial charge on any atom is -0.340 e. The summed E-state index contributed by atoms with van der Waals surface area (Å²) in [5.74, 6) is 0.101. The highest BCUT2D eigenvalue weighted by Crippen LogP contribution is 2.09. The normalized spacial score (nSPS) is 10.9. The molecular weight excluding hydrogens is 381 g/mol. The van der Waals surface area contributed by atoms with Crippen molar-refractivity contribution in [2.75, 3.05) is 7.05 Å². The molecule has 0 saturated heterocycles. The number of aromatic nitrogens is 4. The van der Waals surface area contributed by atoms with Gasteiger partial charge in [0.05, 0.1) is 21.5 Å². The summed E-state index contributed by atoms with van der Waals surface area (Å²) in [7, 11) is 1.81. The van der Waals surface area contributed by atoms with Crippen molar-refractivity contribution in [3.8, 4) is 0 Å². The molecule has 21 heavy (non-hydrogen) atoms. The van der Waals surface area contributed by atoms with E-state index in [1.165, 1.54) is 0 Å². The van der Waals surface area contributed by atoms with Crippen LogP contribution in [0.1, 0.15) is 24.7 Å². The van der Waals surface area contributed by atoms with Gasteiger partial charge in [-0.05, 0) is 42.5 Å². The van der Waals surface area contributed by atoms with Crippen LogP contribution in [0, 0.1) is 10.5 Å². The van der Waals surface area contributed by atoms with Gasteiger partial charge in [0.1, 0.15) is 0 Å². The second-order valence-electron chi connectivity index (χ2n) is 4.99. The Kier molecular flexibility index (Phi) is 5.38. The van der Waals surface area contributed by atoms with Crippen molar-refractivity contribution in [3.63, 3.8) is 0 Å². The standard InChI is InChI=1S/C14H20IN5O/c1-4-19-7-5-12(17-19)9-18(3)14(21)6-8-20-10-13(15)11(2)16-20/h5,7,10H,4,6,8-9H2,1-3H3. The lowest BCUT2D eigenvalue weighted by Crippen LogP contribution is -2.27. The summed E-state index contributed by atoms with van der Waals surface area (Å²) in [5.41, 5.74) is 1.92. The zero-order valence-electron chi connectivity index (χ0n) is 12.6. The number of carbonyl (C=O) groups excluding carboxylic acids is 1. The molecule has 0 unspecified atom stereocenters. The highest BCUT2D eigenvalue weighted by atomic mass is 127. The zero-order chi connectivity index (χ0) is 15.4. The largest absolute Gasteiger partial charge is 0.340 e. The first-order valence-corrected chi connectivity index (χ1v) is 8.03. The van der Waals surface area contributed by atoms with E-state index in [-0.39, 0.29) is 5.91 Å². The quantitative estimate of drug-likeness (QED) is 0.697. The second kappa shape index (κ2) is 7.06. The van der Waals surface area contributed by atoms with Crippen molar-refractivity contribution in [2.24, 2.45) is 0 Å². The van der Waals surface area contributed by atoms with E-state index in [0.29, 0.717) is 19.5 Å². The molecule has 2 rings (SSSR count). The summed E-state index contributed by atoms with van der Waals surface area (Å²) >= 11 is 2.25. The fourth-order valence-corrected chi connectivity index (χ4v) is 2.43. The van der Waals surface area contributed by atoms with Gasteiger partial charge in [-0.25, -0.2) is 0 Å². The minimum atomic E-state index is 0.101. The molecule has 0 aliphatic heterocycles. The Morgan fingerprint density at radius 1 is 1.38 bits per heavy atom. The molecule has 6 nitrogen and oxygen atoms in total. The lowest BCUT2D eigenvalue weighted by atomic mass is 10.3. The maximum atomic E-state index is 12.1. The van der Waals surface area contributed by atoms with Gasteiger partial charge in [0.25, 0.3) is 0 Å². The third kappa shape index (κ3) is 4.29. The van der Waals surface area contributed by atoms with Crippen LogP contribution in [0.3, 0.4) is 0 Å². The molecule has 0 spiro atoms. The van der Waals surface area contributed by atoms with Crippen LogP contribution in [0.15, 0.2) is 18.5 Å². The van der Waals surface area contributed by atoms with E-state index in [9.17, 15) is 4.79 Å². The van der Waals surface area contributed by atoms with Crippen LogP contribution >= 0.6 is 22.6 Å². The first kappa shape index (κ1) is 16.0. The molecular formula is C14H20IN5O. The van der Waals surface area contributed by atoms with Crippen LogP contribution in [-0.2, 0) is 24.4 Å². The van der Waals surface area contributed by atoms with E-state index in [1.807, 2.05) is 48.7 Å². The third-order valence-corrected chi connectivity index (χ3v) is 4.35. The lowest BCUT2D eigenvalue weighted by Gasteiger charge is -2.15. The average molecular weight is 401 g/mol. The number of rotatable bonds is 6. The summed E-state index contributed by atoms with van der Waals surface area (Å²) in [6.07, 6.45) is 4.34. The van der Waals surface area contributed by atoms with Crippen molar-refractivity contribution >= 4 is 28.5 Å². The summed E-state index contributed by atoms with van der Waals surface area (Å²) in [4.78, 5) is 13.8. The average Bonchev–Trinajstić information content (AvgIpc) is 3.03. The number of halogens is 1. The Morgan fingerprint density at radius 2 is 2.14 bits per heavy atom. The van der Waals surface area contributed by atoms with Gasteiger partial charge in [0.15, 0.2) is 0 Å². The van der Waals surface area contributed by atoms with E-state index >= 15 is 0 Å². The topological polar surface area (TPSA) is 56.0 Å². The van der Waals surface area contributed by atoms with Gasteiger partial charge in [-0.2, -0.15) is 10.2 Å². The number of carbonyl (C=O) groups is 1. The lowest BCUT2D eigenvalue weighted by molar-refractivity contribution is -0.130. The van der Waals surface area contributed by atoms with Crippen LogP contribution in [0.2, 0.25) is 0 Å². The first-order valence-electron chi connectivity index (χ1n) is 6.95. The summed E-state index contributed by atoms with van der Waals surface area (Å²) in [6, 6.07) is 1.95. The molecule has 0 radical (unpaired) electrons. The van der Waals surface area contributed by atoms with E-state index in [2.05, 4.69) is 32.8 Å².